The van der Waals surface area contributed by atoms with Crippen molar-refractivity contribution in [3.05, 3.63) is 59.6 Å². The van der Waals surface area contributed by atoms with Crippen LogP contribution in [0.15, 0.2) is 54.0 Å². The summed E-state index contributed by atoms with van der Waals surface area (Å²) >= 11 is 1.57. The van der Waals surface area contributed by atoms with Gasteiger partial charge in [-0.25, -0.2) is 4.79 Å². The molecule has 4 rings (SSSR count). The average molecular weight is 367 g/mol. The standard InChI is InChI=1S/C20H21N3O2S/c24-19(22-17-6-10-21-16-7-13-26-18(16)17)23-11-8-20(25,9-12-23)14-15-4-2-1-3-5-15/h1-7,10,13,25H,8-9,11-12,14H2,(H,21,22,24). The van der Waals surface area contributed by atoms with Crippen molar-refractivity contribution < 1.29 is 9.90 Å². The number of urea groups is 1. The Balaban J connectivity index is 1.38. The fourth-order valence-electron chi connectivity index (χ4n) is 3.44. The number of hydrogen-bond donors (Lipinski definition) is 2. The van der Waals surface area contributed by atoms with Gasteiger partial charge in [0.05, 0.1) is 21.5 Å². The number of amides is 2. The minimum Gasteiger partial charge on any atom is -0.389 e. The van der Waals surface area contributed by atoms with E-state index in [9.17, 15) is 9.90 Å². The molecule has 0 radical (unpaired) electrons. The number of nitrogens with zero attached hydrogens (tertiary/aromatic N) is 2. The van der Waals surface area contributed by atoms with E-state index in [1.54, 1.807) is 22.4 Å². The minimum atomic E-state index is -0.740. The van der Waals surface area contributed by atoms with Crippen LogP contribution in [0.3, 0.4) is 0 Å². The Morgan fingerprint density at radius 2 is 1.96 bits per heavy atom. The van der Waals surface area contributed by atoms with E-state index >= 15 is 0 Å². The molecule has 5 nitrogen and oxygen atoms in total. The molecule has 6 heteroatoms. The molecule has 0 unspecified atom stereocenters. The van der Waals surface area contributed by atoms with Crippen molar-refractivity contribution in [2.75, 3.05) is 18.4 Å². The molecule has 2 amide bonds. The van der Waals surface area contributed by atoms with Crippen LogP contribution in [0.5, 0.6) is 0 Å². The van der Waals surface area contributed by atoms with E-state index < -0.39 is 5.60 Å². The smallest absolute Gasteiger partial charge is 0.321 e. The molecule has 1 aromatic carbocycles. The van der Waals surface area contributed by atoms with Gasteiger partial charge in [-0.3, -0.25) is 4.98 Å². The molecule has 0 spiro atoms. The zero-order valence-electron chi connectivity index (χ0n) is 14.4. The molecule has 1 fully saturated rings. The topological polar surface area (TPSA) is 65.5 Å². The van der Waals surface area contributed by atoms with Crippen LogP contribution in [-0.2, 0) is 6.42 Å². The second-order valence-electron chi connectivity index (χ2n) is 6.80. The summed E-state index contributed by atoms with van der Waals surface area (Å²) in [6.07, 6.45) is 3.50. The zero-order chi connectivity index (χ0) is 18.0. The summed E-state index contributed by atoms with van der Waals surface area (Å²) < 4.78 is 0.985. The number of carbonyl (C=O) groups is 1. The van der Waals surface area contributed by atoms with E-state index in [-0.39, 0.29) is 6.03 Å². The molecular weight excluding hydrogens is 346 g/mol. The van der Waals surface area contributed by atoms with Gasteiger partial charge in [0, 0.05) is 25.7 Å². The molecule has 0 bridgehead atoms. The van der Waals surface area contributed by atoms with E-state index in [2.05, 4.69) is 10.3 Å². The summed E-state index contributed by atoms with van der Waals surface area (Å²) in [4.78, 5) is 18.7. The third-order valence-corrected chi connectivity index (χ3v) is 5.88. The first kappa shape index (κ1) is 17.0. The molecular formula is C20H21N3O2S. The van der Waals surface area contributed by atoms with Gasteiger partial charge >= 0.3 is 6.03 Å². The Morgan fingerprint density at radius 3 is 2.73 bits per heavy atom. The van der Waals surface area contributed by atoms with Crippen LogP contribution in [-0.4, -0.2) is 39.7 Å². The lowest BCUT2D eigenvalue weighted by atomic mass is 9.85. The summed E-state index contributed by atoms with van der Waals surface area (Å²) in [7, 11) is 0. The first-order valence-corrected chi connectivity index (χ1v) is 9.65. The third kappa shape index (κ3) is 3.57. The molecule has 2 N–H and O–H groups in total. The average Bonchev–Trinajstić information content (AvgIpc) is 3.13. The van der Waals surface area contributed by atoms with Crippen molar-refractivity contribution in [1.29, 1.82) is 0 Å². The number of nitrogens with one attached hydrogen (secondary N) is 1. The van der Waals surface area contributed by atoms with E-state index in [0.29, 0.717) is 32.4 Å². The zero-order valence-corrected chi connectivity index (χ0v) is 15.2. The first-order valence-electron chi connectivity index (χ1n) is 8.77. The number of thiophene rings is 1. The van der Waals surface area contributed by atoms with Gasteiger partial charge in [0.1, 0.15) is 0 Å². The first-order chi connectivity index (χ1) is 12.6. The van der Waals surface area contributed by atoms with Gasteiger partial charge in [0.15, 0.2) is 0 Å². The van der Waals surface area contributed by atoms with Crippen molar-refractivity contribution in [3.63, 3.8) is 0 Å². The number of carbonyl (C=O) groups excluding carboxylic acids is 1. The number of pyridine rings is 1. The molecule has 0 aliphatic carbocycles. The number of hydrogen-bond acceptors (Lipinski definition) is 4. The van der Waals surface area contributed by atoms with Crippen molar-refractivity contribution in [2.24, 2.45) is 0 Å². The summed E-state index contributed by atoms with van der Waals surface area (Å²) in [6, 6.07) is 13.7. The third-order valence-electron chi connectivity index (χ3n) is 4.94. The molecule has 1 aliphatic heterocycles. The molecule has 0 atom stereocenters. The van der Waals surface area contributed by atoms with Crippen molar-refractivity contribution in [3.8, 4) is 0 Å². The van der Waals surface area contributed by atoms with Crippen molar-refractivity contribution >= 4 is 33.3 Å². The maximum absolute atomic E-state index is 12.6. The highest BCUT2D eigenvalue weighted by Crippen LogP contribution is 2.29. The highest BCUT2D eigenvalue weighted by atomic mass is 32.1. The van der Waals surface area contributed by atoms with Gasteiger partial charge in [0.2, 0.25) is 0 Å². The summed E-state index contributed by atoms with van der Waals surface area (Å²) in [5, 5.41) is 15.8. The number of piperidine rings is 1. The maximum atomic E-state index is 12.6. The lowest BCUT2D eigenvalue weighted by molar-refractivity contribution is -0.0104. The summed E-state index contributed by atoms with van der Waals surface area (Å²) in [6.45, 7) is 1.10. The number of anilines is 1. The highest BCUT2D eigenvalue weighted by molar-refractivity contribution is 7.17. The second kappa shape index (κ2) is 7.05. The Bertz CT molecular complexity index is 902. The van der Waals surface area contributed by atoms with E-state index in [4.69, 9.17) is 0 Å². The minimum absolute atomic E-state index is 0.118. The number of aliphatic hydroxyl groups is 1. The number of fused-ring (bicyclic) bond motifs is 1. The van der Waals surface area contributed by atoms with Gasteiger partial charge in [-0.1, -0.05) is 30.3 Å². The number of benzene rings is 1. The second-order valence-corrected chi connectivity index (χ2v) is 7.71. The normalized spacial score (nSPS) is 16.6. The lowest BCUT2D eigenvalue weighted by Gasteiger charge is -2.38. The molecule has 1 aliphatic rings. The molecule has 0 saturated carbocycles. The Labute approximate surface area is 156 Å². The fourth-order valence-corrected chi connectivity index (χ4v) is 4.27. The molecule has 3 aromatic rings. The van der Waals surface area contributed by atoms with Crippen LogP contribution in [0.25, 0.3) is 10.2 Å². The number of likely N-dealkylation sites (tertiary alicyclic amines) is 1. The van der Waals surface area contributed by atoms with Crippen LogP contribution in [0, 0.1) is 0 Å². The van der Waals surface area contributed by atoms with Crippen LogP contribution < -0.4 is 5.32 Å². The predicted octanol–water partition coefficient (Wildman–Crippen LogP) is 3.90. The molecule has 1 saturated heterocycles. The van der Waals surface area contributed by atoms with Crippen LogP contribution in [0.4, 0.5) is 10.5 Å². The van der Waals surface area contributed by atoms with Gasteiger partial charge < -0.3 is 15.3 Å². The Hall–Kier alpha value is -2.44. The van der Waals surface area contributed by atoms with E-state index in [0.717, 1.165) is 21.5 Å². The van der Waals surface area contributed by atoms with Crippen LogP contribution >= 0.6 is 11.3 Å². The highest BCUT2D eigenvalue weighted by Gasteiger charge is 2.34. The molecule has 26 heavy (non-hydrogen) atoms. The maximum Gasteiger partial charge on any atom is 0.321 e. The van der Waals surface area contributed by atoms with Crippen molar-refractivity contribution in [1.82, 2.24) is 9.88 Å². The van der Waals surface area contributed by atoms with Gasteiger partial charge in [0.25, 0.3) is 0 Å². The molecule has 134 valence electrons. The molecule has 2 aromatic heterocycles. The fraction of sp³-hybridized carbons (Fsp3) is 0.300. The van der Waals surface area contributed by atoms with Crippen molar-refractivity contribution in [2.45, 2.75) is 24.9 Å². The summed E-state index contributed by atoms with van der Waals surface area (Å²) in [5.74, 6) is 0. The number of rotatable bonds is 3. The molecule has 3 heterocycles. The quantitative estimate of drug-likeness (QED) is 0.738. The number of aromatic nitrogens is 1. The van der Waals surface area contributed by atoms with E-state index in [1.807, 2.05) is 47.8 Å². The van der Waals surface area contributed by atoms with Gasteiger partial charge in [-0.2, -0.15) is 0 Å². The van der Waals surface area contributed by atoms with Crippen LogP contribution in [0.1, 0.15) is 18.4 Å². The van der Waals surface area contributed by atoms with Gasteiger partial charge in [-0.05, 0) is 35.9 Å². The monoisotopic (exact) mass is 367 g/mol. The lowest BCUT2D eigenvalue weighted by Crippen LogP contribution is -2.49. The largest absolute Gasteiger partial charge is 0.389 e. The van der Waals surface area contributed by atoms with Crippen LogP contribution in [0.2, 0.25) is 0 Å². The van der Waals surface area contributed by atoms with Gasteiger partial charge in [-0.15, -0.1) is 11.3 Å². The SMILES string of the molecule is O=C(Nc1ccnc2ccsc12)N1CCC(O)(Cc2ccccc2)CC1. The predicted molar refractivity (Wildman–Crippen MR) is 105 cm³/mol. The van der Waals surface area contributed by atoms with E-state index in [1.165, 1.54) is 0 Å². The summed E-state index contributed by atoms with van der Waals surface area (Å²) in [5.41, 5.74) is 2.07. The Kier molecular flexibility index (Phi) is 4.61. The Morgan fingerprint density at radius 1 is 1.19 bits per heavy atom.